The van der Waals surface area contributed by atoms with Gasteiger partial charge in [-0.15, -0.1) is 0 Å². The Morgan fingerprint density at radius 3 is 1.70 bits per heavy atom. The number of aliphatic hydroxyl groups is 1. The van der Waals surface area contributed by atoms with E-state index in [-0.39, 0.29) is 12.2 Å². The maximum Gasteiger partial charge on any atom is 0.297 e. The topological polar surface area (TPSA) is 95.5 Å². The summed E-state index contributed by atoms with van der Waals surface area (Å²) in [5.41, 5.74) is 0. The van der Waals surface area contributed by atoms with Crippen LogP contribution in [-0.2, 0) is 14.4 Å². The van der Waals surface area contributed by atoms with Crippen LogP contribution in [0.1, 0.15) is 27.2 Å². The van der Waals surface area contributed by atoms with E-state index in [1.807, 2.05) is 0 Å². The lowest BCUT2D eigenvalue weighted by atomic mass is 10.1. The summed E-state index contributed by atoms with van der Waals surface area (Å²) in [7, 11) is 0. The Morgan fingerprint density at radius 1 is 0.800 bits per heavy atom. The van der Waals surface area contributed by atoms with Crippen LogP contribution in [0.5, 0.6) is 0 Å². The lowest BCUT2D eigenvalue weighted by Crippen LogP contribution is -2.44. The monoisotopic (exact) mass is 398 g/mol. The molecule has 148 valence electrons. The van der Waals surface area contributed by atoms with Crippen LogP contribution in [-0.4, -0.2) is 41.4 Å². The van der Waals surface area contributed by atoms with E-state index in [2.05, 4.69) is 93.5 Å². The van der Waals surface area contributed by atoms with Crippen molar-refractivity contribution in [2.75, 3.05) is 6.61 Å². The van der Waals surface area contributed by atoms with Crippen LogP contribution in [0.4, 0.5) is 0 Å². The summed E-state index contributed by atoms with van der Waals surface area (Å²) in [6.45, 7) is 4.09. The zero-order valence-electron chi connectivity index (χ0n) is 16.7. The van der Waals surface area contributed by atoms with Gasteiger partial charge in [0.15, 0.2) is 5.78 Å². The minimum absolute atomic E-state index is 0.197. The molecule has 3 N–H and O–H groups in total. The van der Waals surface area contributed by atoms with Crippen molar-refractivity contribution >= 4 is 17.6 Å². The third-order valence-corrected chi connectivity index (χ3v) is 2.96. The van der Waals surface area contributed by atoms with E-state index >= 15 is 0 Å². The van der Waals surface area contributed by atoms with Crippen LogP contribution in [0, 0.1) is 82.9 Å². The average Bonchev–Trinajstić information content (AvgIpc) is 2.70. The molecule has 0 heterocycles. The number of Topliss-reactive ketones (excluding diaryl/α,β-unsaturated/α-hetero) is 1. The molecule has 0 aromatic heterocycles. The second-order valence-corrected chi connectivity index (χ2v) is 5.33. The summed E-state index contributed by atoms with van der Waals surface area (Å²) in [5, 5.41) is 14.1. The quantitative estimate of drug-likeness (QED) is 0.500. The minimum Gasteiger partial charge on any atom is -0.394 e. The molecule has 0 bridgehead atoms. The Morgan fingerprint density at radius 2 is 1.27 bits per heavy atom. The van der Waals surface area contributed by atoms with Crippen LogP contribution in [0.3, 0.4) is 0 Å². The van der Waals surface area contributed by atoms with Gasteiger partial charge in [0.25, 0.3) is 5.91 Å². The van der Waals surface area contributed by atoms with Crippen LogP contribution in [0.25, 0.3) is 0 Å². The van der Waals surface area contributed by atoms with Crippen molar-refractivity contribution in [2.24, 2.45) is 0 Å². The molecule has 0 fully saturated rings. The fraction of sp³-hybridized carbons (Fsp3) is 0.292. The van der Waals surface area contributed by atoms with Gasteiger partial charge in [-0.05, 0) is 91.8 Å². The van der Waals surface area contributed by atoms with Gasteiger partial charge in [0.05, 0.1) is 18.7 Å². The number of carbonyl (C=O) groups excluding carboxylic acids is 3. The van der Waals surface area contributed by atoms with Gasteiger partial charge >= 0.3 is 0 Å². The third kappa shape index (κ3) is 14.6. The summed E-state index contributed by atoms with van der Waals surface area (Å²) in [5.74, 6) is 32.6. The highest BCUT2D eigenvalue weighted by Crippen LogP contribution is 1.93. The van der Waals surface area contributed by atoms with Crippen molar-refractivity contribution in [1.29, 1.82) is 0 Å². The van der Waals surface area contributed by atoms with E-state index in [0.29, 0.717) is 0 Å². The molecule has 0 saturated carbocycles. The van der Waals surface area contributed by atoms with Crippen molar-refractivity contribution in [3.63, 3.8) is 0 Å². The van der Waals surface area contributed by atoms with Gasteiger partial charge in [0, 0.05) is 12.3 Å². The fourth-order valence-corrected chi connectivity index (χ4v) is 1.47. The number of ketones is 1. The van der Waals surface area contributed by atoms with E-state index in [0.717, 1.165) is 0 Å². The Kier molecular flexibility index (Phi) is 14.1. The number of amides is 2. The highest BCUT2D eigenvalue weighted by atomic mass is 16.3. The van der Waals surface area contributed by atoms with Gasteiger partial charge in [-0.2, -0.15) is 0 Å². The third-order valence-electron chi connectivity index (χ3n) is 2.96. The van der Waals surface area contributed by atoms with Gasteiger partial charge < -0.3 is 15.7 Å². The molecule has 0 radical (unpaired) electrons. The zero-order chi connectivity index (χ0) is 22.6. The van der Waals surface area contributed by atoms with Gasteiger partial charge in [-0.25, -0.2) is 0 Å². The molecule has 0 spiro atoms. The second-order valence-electron chi connectivity index (χ2n) is 5.33. The Labute approximate surface area is 177 Å². The molecular weight excluding hydrogens is 380 g/mol. The molecule has 30 heavy (non-hydrogen) atoms. The van der Waals surface area contributed by atoms with Crippen molar-refractivity contribution < 1.29 is 19.5 Å². The number of carbonyl (C=O) groups is 3. The molecule has 0 rings (SSSR count). The molecule has 2 atom stereocenters. The summed E-state index contributed by atoms with van der Waals surface area (Å²) in [6, 6.07) is -1.48. The van der Waals surface area contributed by atoms with Crippen molar-refractivity contribution in [3.8, 4) is 82.9 Å². The molecule has 0 aromatic rings. The normalized spacial score (nSPS) is 9.20. The smallest absolute Gasteiger partial charge is 0.297 e. The maximum atomic E-state index is 11.8. The maximum absolute atomic E-state index is 11.8. The lowest BCUT2D eigenvalue weighted by molar-refractivity contribution is -0.127. The molecule has 0 aliphatic rings. The highest BCUT2D eigenvalue weighted by molar-refractivity contribution is 5.94. The zero-order valence-corrected chi connectivity index (χ0v) is 16.7. The van der Waals surface area contributed by atoms with Gasteiger partial charge in [-0.1, -0.05) is 5.92 Å². The Bertz CT molecular complexity index is 1100. The summed E-state index contributed by atoms with van der Waals surface area (Å²) in [6.07, 6.45) is -0.197. The fourth-order valence-electron chi connectivity index (χ4n) is 1.47. The molecule has 6 heteroatoms. The van der Waals surface area contributed by atoms with E-state index in [1.165, 1.54) is 13.8 Å². The lowest BCUT2D eigenvalue weighted by Gasteiger charge is -2.16. The summed E-state index contributed by atoms with van der Waals surface area (Å²) < 4.78 is 0. The van der Waals surface area contributed by atoms with Crippen LogP contribution in [0.2, 0.25) is 0 Å². The molecule has 6 nitrogen and oxygen atoms in total. The number of nitrogens with one attached hydrogen (secondary N) is 2. The first-order chi connectivity index (χ1) is 14.4. The molecule has 2 amide bonds. The second kappa shape index (κ2) is 16.6. The minimum atomic E-state index is -0.839. The van der Waals surface area contributed by atoms with Crippen LogP contribution < -0.4 is 10.6 Å². The predicted molar refractivity (Wildman–Crippen MR) is 112 cm³/mol. The molecule has 0 aliphatic heterocycles. The Hall–Kier alpha value is -4.51. The average molecular weight is 398 g/mol. The van der Waals surface area contributed by atoms with E-state index in [4.69, 9.17) is 0 Å². The first-order valence-electron chi connectivity index (χ1n) is 8.54. The first kappa shape index (κ1) is 25.5. The van der Waals surface area contributed by atoms with Crippen molar-refractivity contribution in [2.45, 2.75) is 39.3 Å². The van der Waals surface area contributed by atoms with Crippen molar-refractivity contribution in [1.82, 2.24) is 10.6 Å². The van der Waals surface area contributed by atoms with Crippen LogP contribution in [0.15, 0.2) is 0 Å². The number of hydrogen-bond acceptors (Lipinski definition) is 4. The van der Waals surface area contributed by atoms with E-state index in [1.54, 1.807) is 6.92 Å². The molecule has 0 aliphatic carbocycles. The van der Waals surface area contributed by atoms with Gasteiger partial charge in [0.1, 0.15) is 0 Å². The molecule has 0 saturated heterocycles. The number of rotatable bonds is 6. The van der Waals surface area contributed by atoms with E-state index in [9.17, 15) is 19.5 Å². The SMILES string of the molecule is CC#CC#CC#CC#CC#CC#CC#CC(=O)N[C@@H](CO)CC(=O)N[C@@H](C)C(C)=O. The van der Waals surface area contributed by atoms with Gasteiger partial charge in [0.2, 0.25) is 5.91 Å². The largest absolute Gasteiger partial charge is 0.394 e. The van der Waals surface area contributed by atoms with Crippen molar-refractivity contribution in [3.05, 3.63) is 0 Å². The predicted octanol–water partition coefficient (Wildman–Crippen LogP) is -1.01. The number of hydrogen-bond donors (Lipinski definition) is 3. The number of aliphatic hydroxyl groups excluding tert-OH is 1. The summed E-state index contributed by atoms with van der Waals surface area (Å²) >= 11 is 0. The Balaban J connectivity index is 4.56. The van der Waals surface area contributed by atoms with Gasteiger partial charge in [-0.3, -0.25) is 14.4 Å². The first-order valence-corrected chi connectivity index (χ1v) is 8.54. The summed E-state index contributed by atoms with van der Waals surface area (Å²) in [4.78, 5) is 34.6. The molecular formula is C24H18N2O4. The molecule has 0 aromatic carbocycles. The molecule has 0 unspecified atom stereocenters. The van der Waals surface area contributed by atoms with E-state index < -0.39 is 30.5 Å². The van der Waals surface area contributed by atoms with Crippen LogP contribution >= 0.6 is 0 Å². The standard InChI is InChI=1S/C24H18N2O4/c1-4-5-6-7-8-9-10-11-12-13-14-15-16-17-23(29)26-22(19-27)18-24(30)25-20(2)21(3)28/h20,22,27H,18-19H2,1-3H3,(H,25,30)(H,26,29)/t20-,22+/m0/s1. The highest BCUT2D eigenvalue weighted by Gasteiger charge is 2.17.